The quantitative estimate of drug-likeness (QED) is 0.0434. The molecular weight excluding hydrogens is 651 g/mol. The smallest absolute Gasteiger partial charge is 0.321 e. The van der Waals surface area contributed by atoms with E-state index in [-0.39, 0.29) is 40.4 Å². The zero-order valence-electron chi connectivity index (χ0n) is 28.9. The van der Waals surface area contributed by atoms with E-state index >= 15 is 0 Å². The number of hydrogen-bond acceptors (Lipinski definition) is 10. The first kappa shape index (κ1) is 45.0. The van der Waals surface area contributed by atoms with Crippen molar-refractivity contribution in [3.63, 3.8) is 0 Å². The van der Waals surface area contributed by atoms with Gasteiger partial charge in [0.15, 0.2) is 0 Å². The third-order valence-corrected chi connectivity index (χ3v) is 7.98. The molecule has 0 aromatic rings. The number of urea groups is 1. The fourth-order valence-corrected chi connectivity index (χ4v) is 4.61. The zero-order chi connectivity index (χ0) is 34.0. The van der Waals surface area contributed by atoms with E-state index in [4.69, 9.17) is 18.9 Å². The molecule has 0 spiro atoms. The van der Waals surface area contributed by atoms with Gasteiger partial charge in [-0.2, -0.15) is 50.5 Å². The molecule has 0 bridgehead atoms. The summed E-state index contributed by atoms with van der Waals surface area (Å²) >= 11 is 17.7. The van der Waals surface area contributed by atoms with E-state index < -0.39 is 0 Å². The van der Waals surface area contributed by atoms with Crippen LogP contribution in [-0.2, 0) is 23.7 Å². The van der Waals surface area contributed by atoms with Gasteiger partial charge >= 0.3 is 6.03 Å². The molecule has 0 aliphatic carbocycles. The Hall–Kier alpha value is -0.0200. The lowest BCUT2D eigenvalue weighted by Crippen LogP contribution is -2.53. The van der Waals surface area contributed by atoms with Crippen LogP contribution in [0.3, 0.4) is 0 Å². The third kappa shape index (κ3) is 26.6. The lowest BCUT2D eigenvalue weighted by molar-refractivity contribution is -0.134. The van der Waals surface area contributed by atoms with Gasteiger partial charge in [0, 0.05) is 80.9 Å². The maximum Gasteiger partial charge on any atom is 0.321 e. The molecule has 0 fully saturated rings. The fourth-order valence-electron chi connectivity index (χ4n) is 4.11. The normalized spacial score (nSPS) is 14.3. The molecule has 0 saturated heterocycles. The van der Waals surface area contributed by atoms with Crippen LogP contribution in [0.2, 0.25) is 0 Å². The summed E-state index contributed by atoms with van der Waals surface area (Å²) in [5, 5.41) is 1.09. The topological polar surface area (TPSA) is 80.8 Å². The van der Waals surface area contributed by atoms with Crippen molar-refractivity contribution in [3.05, 3.63) is 0 Å². The van der Waals surface area contributed by atoms with Gasteiger partial charge in [-0.05, 0) is 57.6 Å². The minimum Gasteiger partial charge on any atom is -0.381 e. The number of nitrogens with zero attached hydrogens (tertiary/aromatic N) is 3. The van der Waals surface area contributed by atoms with Crippen LogP contribution in [0, 0.1) is 0 Å². The SMILES string of the molecule is CC(S)CCCOCCN(C(=O)N(CCOCCC(C)S)CN(CCOCCC(C)S)C(=O)CCCOCCC(C)S)C(C)C. The first-order valence-corrected chi connectivity index (χ1v) is 18.8. The highest BCUT2D eigenvalue weighted by Crippen LogP contribution is 2.11. The highest BCUT2D eigenvalue weighted by atomic mass is 32.1. The Labute approximate surface area is 297 Å². The van der Waals surface area contributed by atoms with Crippen molar-refractivity contribution < 1.29 is 28.5 Å². The molecule has 0 rings (SSSR count). The van der Waals surface area contributed by atoms with Gasteiger partial charge in [-0.3, -0.25) is 4.79 Å². The first-order valence-electron chi connectivity index (χ1n) is 16.7. The zero-order valence-corrected chi connectivity index (χ0v) is 32.5. The molecule has 13 heteroatoms. The van der Waals surface area contributed by atoms with Gasteiger partial charge in [0.1, 0.15) is 0 Å². The summed E-state index contributed by atoms with van der Waals surface area (Å²) < 4.78 is 23.2. The number of rotatable bonds is 29. The number of thiol groups is 4. The minimum atomic E-state index is -0.143. The number of carbonyl (C=O) groups excluding carboxylic acids is 2. The summed E-state index contributed by atoms with van der Waals surface area (Å²) in [7, 11) is 0. The average molecular weight is 716 g/mol. The Kier molecular flexibility index (Phi) is 28.9. The second-order valence-corrected chi connectivity index (χ2v) is 15.6. The average Bonchev–Trinajstić information content (AvgIpc) is 2.95. The molecule has 0 aliphatic heterocycles. The Morgan fingerprint density at radius 2 is 0.956 bits per heavy atom. The van der Waals surface area contributed by atoms with E-state index in [1.165, 1.54) is 0 Å². The van der Waals surface area contributed by atoms with Crippen LogP contribution < -0.4 is 0 Å². The number of ether oxygens (including phenoxy) is 4. The van der Waals surface area contributed by atoms with Crippen molar-refractivity contribution in [3.8, 4) is 0 Å². The second kappa shape index (κ2) is 28.9. The van der Waals surface area contributed by atoms with E-state index in [2.05, 4.69) is 57.4 Å². The third-order valence-electron chi connectivity index (χ3n) is 6.95. The van der Waals surface area contributed by atoms with Gasteiger partial charge in [-0.1, -0.05) is 27.7 Å². The molecule has 9 nitrogen and oxygen atoms in total. The molecule has 3 amide bonds. The number of hydrogen-bond donors (Lipinski definition) is 4. The fraction of sp³-hybridized carbons (Fsp3) is 0.938. The molecule has 0 aromatic heterocycles. The van der Waals surface area contributed by atoms with Crippen molar-refractivity contribution in [2.45, 2.75) is 114 Å². The molecule has 268 valence electrons. The Morgan fingerprint density at radius 1 is 0.533 bits per heavy atom. The van der Waals surface area contributed by atoms with E-state index in [9.17, 15) is 9.59 Å². The molecule has 0 N–H and O–H groups in total. The van der Waals surface area contributed by atoms with E-state index in [1.807, 2.05) is 34.6 Å². The maximum absolute atomic E-state index is 14.0. The molecule has 0 aromatic carbocycles. The Balaban J connectivity index is 5.53. The summed E-state index contributed by atoms with van der Waals surface area (Å²) in [4.78, 5) is 32.7. The van der Waals surface area contributed by atoms with Crippen LogP contribution in [0.1, 0.15) is 86.5 Å². The Bertz CT molecular complexity index is 735. The Morgan fingerprint density at radius 3 is 1.44 bits per heavy atom. The first-order chi connectivity index (χ1) is 21.3. The number of carbonyl (C=O) groups is 2. The van der Waals surface area contributed by atoms with Crippen LogP contribution in [0.25, 0.3) is 0 Å². The molecule has 45 heavy (non-hydrogen) atoms. The molecule has 0 aliphatic rings. The molecule has 4 atom stereocenters. The predicted octanol–water partition coefficient (Wildman–Crippen LogP) is 5.98. The molecule has 4 unspecified atom stereocenters. The summed E-state index contributed by atoms with van der Waals surface area (Å²) in [5.41, 5.74) is 0. The van der Waals surface area contributed by atoms with Crippen molar-refractivity contribution in [1.29, 1.82) is 0 Å². The van der Waals surface area contributed by atoms with Gasteiger partial charge in [-0.15, -0.1) is 0 Å². The van der Waals surface area contributed by atoms with Crippen molar-refractivity contribution in [2.75, 3.05) is 79.2 Å². The summed E-state index contributed by atoms with van der Waals surface area (Å²) in [6, 6.07) is -0.185. The van der Waals surface area contributed by atoms with Crippen LogP contribution in [-0.4, -0.2) is 133 Å². The van der Waals surface area contributed by atoms with Gasteiger partial charge < -0.3 is 33.6 Å². The van der Waals surface area contributed by atoms with Crippen LogP contribution in [0.4, 0.5) is 4.79 Å². The molecular formula is C32H65N3O6S4. The summed E-state index contributed by atoms with van der Waals surface area (Å²) in [6.07, 6.45) is 5.36. The van der Waals surface area contributed by atoms with E-state index in [0.717, 1.165) is 32.1 Å². The number of amides is 3. The minimum absolute atomic E-state index is 0.0345. The van der Waals surface area contributed by atoms with Gasteiger partial charge in [0.05, 0.1) is 26.5 Å². The predicted molar refractivity (Wildman–Crippen MR) is 200 cm³/mol. The van der Waals surface area contributed by atoms with Gasteiger partial charge in [-0.25, -0.2) is 4.79 Å². The molecule has 0 saturated carbocycles. The van der Waals surface area contributed by atoms with Crippen LogP contribution in [0.5, 0.6) is 0 Å². The standard InChI is InChI=1S/C32H65N3O6S4/c1-26(2)35(16-24-39-17-7-9-27(3)42)32(37)34(15-23-41-21-13-30(6)45)25-33(14-22-40-20-12-29(5)44)31(36)10-8-18-38-19-11-28(4)43/h26-30,42-45H,7-25H2,1-6H3. The summed E-state index contributed by atoms with van der Waals surface area (Å²) in [6.45, 7) is 17.6. The maximum atomic E-state index is 14.0. The largest absolute Gasteiger partial charge is 0.381 e. The monoisotopic (exact) mass is 715 g/mol. The van der Waals surface area contributed by atoms with E-state index in [0.29, 0.717) is 90.6 Å². The lowest BCUT2D eigenvalue weighted by atomic mass is 10.2. The van der Waals surface area contributed by atoms with Crippen LogP contribution >= 0.6 is 50.5 Å². The second-order valence-electron chi connectivity index (χ2n) is 12.1. The molecule has 0 heterocycles. The van der Waals surface area contributed by atoms with Gasteiger partial charge in [0.2, 0.25) is 5.91 Å². The van der Waals surface area contributed by atoms with Crippen molar-refractivity contribution in [1.82, 2.24) is 14.7 Å². The van der Waals surface area contributed by atoms with Crippen molar-refractivity contribution >= 4 is 62.5 Å². The van der Waals surface area contributed by atoms with Crippen LogP contribution in [0.15, 0.2) is 0 Å². The van der Waals surface area contributed by atoms with Gasteiger partial charge in [0.25, 0.3) is 0 Å². The highest BCUT2D eigenvalue weighted by Gasteiger charge is 2.26. The highest BCUT2D eigenvalue weighted by molar-refractivity contribution is 7.81. The molecule has 0 radical (unpaired) electrons. The van der Waals surface area contributed by atoms with E-state index in [1.54, 1.807) is 14.7 Å². The van der Waals surface area contributed by atoms with Crippen molar-refractivity contribution in [2.24, 2.45) is 0 Å². The lowest BCUT2D eigenvalue weighted by Gasteiger charge is -2.36. The summed E-state index contributed by atoms with van der Waals surface area (Å²) in [5.74, 6) is -0.0345.